The van der Waals surface area contributed by atoms with Gasteiger partial charge in [-0.25, -0.2) is 4.79 Å². The van der Waals surface area contributed by atoms with Crippen molar-refractivity contribution in [2.24, 2.45) is 0 Å². The molecule has 2 aromatic rings. The van der Waals surface area contributed by atoms with Gasteiger partial charge < -0.3 is 4.74 Å². The van der Waals surface area contributed by atoms with Crippen LogP contribution in [0.3, 0.4) is 0 Å². The Hall–Kier alpha value is -1.87. The van der Waals surface area contributed by atoms with Crippen LogP contribution < -0.4 is 5.19 Å². The predicted molar refractivity (Wildman–Crippen MR) is 90.0 cm³/mol. The molecule has 0 spiro atoms. The van der Waals surface area contributed by atoms with Gasteiger partial charge in [0.05, 0.1) is 20.7 Å². The summed E-state index contributed by atoms with van der Waals surface area (Å²) in [6, 6.07) is 16.5. The van der Waals surface area contributed by atoms with Crippen LogP contribution in [0.2, 0.25) is 19.6 Å². The Balaban J connectivity index is 2.10. The van der Waals surface area contributed by atoms with Crippen LogP contribution in [0.1, 0.15) is 21.5 Å². The maximum absolute atomic E-state index is 11.4. The molecule has 0 radical (unpaired) electrons. The molecular weight excluding hydrogens is 276 g/mol. The summed E-state index contributed by atoms with van der Waals surface area (Å²) < 4.78 is 4.70. The van der Waals surface area contributed by atoms with E-state index in [-0.39, 0.29) is 5.97 Å². The maximum Gasteiger partial charge on any atom is 0.337 e. The lowest BCUT2D eigenvalue weighted by Gasteiger charge is -2.16. The standard InChI is InChI=1S/C18H22O2Si/c1-20-18(19)16-9-5-14(6-10-16)13-15-7-11-17(12-8-15)21(2,3)4/h5-12H,13H2,1-4H3. The lowest BCUT2D eigenvalue weighted by atomic mass is 10.0. The van der Waals surface area contributed by atoms with Crippen LogP contribution in [0.5, 0.6) is 0 Å². The minimum Gasteiger partial charge on any atom is -0.465 e. The Kier molecular flexibility index (Phi) is 4.63. The highest BCUT2D eigenvalue weighted by Crippen LogP contribution is 2.12. The largest absolute Gasteiger partial charge is 0.465 e. The maximum atomic E-state index is 11.4. The second-order valence-electron chi connectivity index (χ2n) is 6.31. The Morgan fingerprint density at radius 2 is 1.38 bits per heavy atom. The quantitative estimate of drug-likeness (QED) is 0.637. The number of esters is 1. The highest BCUT2D eigenvalue weighted by Gasteiger charge is 2.15. The number of benzene rings is 2. The number of methoxy groups -OCH3 is 1. The predicted octanol–water partition coefficient (Wildman–Crippen LogP) is 3.61. The molecule has 0 amide bonds. The van der Waals surface area contributed by atoms with Crippen molar-refractivity contribution in [3.8, 4) is 0 Å². The third kappa shape index (κ3) is 4.05. The zero-order valence-electron chi connectivity index (χ0n) is 13.1. The molecule has 21 heavy (non-hydrogen) atoms. The summed E-state index contributed by atoms with van der Waals surface area (Å²) in [5, 5.41) is 1.48. The zero-order valence-corrected chi connectivity index (χ0v) is 14.1. The average Bonchev–Trinajstić information content (AvgIpc) is 2.47. The van der Waals surface area contributed by atoms with Gasteiger partial charge in [0.25, 0.3) is 0 Å². The van der Waals surface area contributed by atoms with Gasteiger partial charge in [0, 0.05) is 0 Å². The second kappa shape index (κ2) is 6.27. The Morgan fingerprint density at radius 1 is 0.905 bits per heavy atom. The first kappa shape index (κ1) is 15.5. The van der Waals surface area contributed by atoms with Crippen molar-refractivity contribution in [2.45, 2.75) is 26.1 Å². The number of hydrogen-bond acceptors (Lipinski definition) is 2. The van der Waals surface area contributed by atoms with Crippen LogP contribution in [0.15, 0.2) is 48.5 Å². The van der Waals surface area contributed by atoms with Gasteiger partial charge in [-0.3, -0.25) is 0 Å². The molecule has 2 aromatic carbocycles. The summed E-state index contributed by atoms with van der Waals surface area (Å²) in [6.45, 7) is 7.06. The summed E-state index contributed by atoms with van der Waals surface area (Å²) in [4.78, 5) is 11.4. The Bertz CT molecular complexity index is 607. The molecule has 0 aliphatic rings. The van der Waals surface area contributed by atoms with Crippen LogP contribution in [0, 0.1) is 0 Å². The summed E-state index contributed by atoms with van der Waals surface area (Å²) in [5.41, 5.74) is 3.08. The molecule has 0 fully saturated rings. The van der Waals surface area contributed by atoms with Crippen molar-refractivity contribution in [3.63, 3.8) is 0 Å². The third-order valence-corrected chi connectivity index (χ3v) is 5.67. The molecule has 0 saturated heterocycles. The van der Waals surface area contributed by atoms with E-state index in [4.69, 9.17) is 4.74 Å². The molecule has 3 heteroatoms. The number of carbonyl (C=O) groups excluding carboxylic acids is 1. The van der Waals surface area contributed by atoms with E-state index in [1.165, 1.54) is 23.4 Å². The molecule has 110 valence electrons. The van der Waals surface area contributed by atoms with Crippen molar-refractivity contribution in [1.82, 2.24) is 0 Å². The van der Waals surface area contributed by atoms with Crippen LogP contribution in [-0.4, -0.2) is 21.2 Å². The summed E-state index contributed by atoms with van der Waals surface area (Å²) >= 11 is 0. The fraction of sp³-hybridized carbons (Fsp3) is 0.278. The molecule has 0 aliphatic carbocycles. The number of rotatable bonds is 4. The van der Waals surface area contributed by atoms with E-state index < -0.39 is 8.07 Å². The van der Waals surface area contributed by atoms with Gasteiger partial charge >= 0.3 is 5.97 Å². The lowest BCUT2D eigenvalue weighted by molar-refractivity contribution is 0.0600. The summed E-state index contributed by atoms with van der Waals surface area (Å²) in [7, 11) is 0.175. The van der Waals surface area contributed by atoms with Gasteiger partial charge in [-0.2, -0.15) is 0 Å². The minimum atomic E-state index is -1.22. The number of ether oxygens (including phenoxy) is 1. The average molecular weight is 298 g/mol. The molecule has 0 N–H and O–H groups in total. The van der Waals surface area contributed by atoms with E-state index in [2.05, 4.69) is 43.9 Å². The van der Waals surface area contributed by atoms with Gasteiger partial charge in [-0.1, -0.05) is 61.2 Å². The molecule has 0 aromatic heterocycles. The molecule has 0 unspecified atom stereocenters. The molecule has 2 rings (SSSR count). The fourth-order valence-corrected chi connectivity index (χ4v) is 3.40. The normalized spacial score (nSPS) is 11.2. The zero-order chi connectivity index (χ0) is 15.5. The Labute approximate surface area is 127 Å². The molecule has 0 aliphatic heterocycles. The van der Waals surface area contributed by atoms with E-state index in [1.54, 1.807) is 0 Å². The SMILES string of the molecule is COC(=O)c1ccc(Cc2ccc([Si](C)(C)C)cc2)cc1. The van der Waals surface area contributed by atoms with Gasteiger partial charge in [-0.15, -0.1) is 0 Å². The summed E-state index contributed by atoms with van der Waals surface area (Å²) in [5.74, 6) is -0.291. The van der Waals surface area contributed by atoms with Crippen molar-refractivity contribution < 1.29 is 9.53 Å². The molecule has 0 heterocycles. The molecule has 0 saturated carbocycles. The van der Waals surface area contributed by atoms with Crippen LogP contribution in [0.25, 0.3) is 0 Å². The van der Waals surface area contributed by atoms with Gasteiger partial charge in [0.2, 0.25) is 0 Å². The third-order valence-electron chi connectivity index (χ3n) is 3.60. The second-order valence-corrected chi connectivity index (χ2v) is 11.4. The first-order valence-electron chi connectivity index (χ1n) is 7.17. The van der Waals surface area contributed by atoms with E-state index in [9.17, 15) is 4.79 Å². The van der Waals surface area contributed by atoms with Crippen molar-refractivity contribution >= 4 is 19.2 Å². The molecule has 0 bridgehead atoms. The van der Waals surface area contributed by atoms with Crippen molar-refractivity contribution in [3.05, 3.63) is 65.2 Å². The first-order chi connectivity index (χ1) is 9.90. The fourth-order valence-electron chi connectivity index (χ4n) is 2.23. The highest BCUT2D eigenvalue weighted by molar-refractivity contribution is 6.88. The van der Waals surface area contributed by atoms with E-state index >= 15 is 0 Å². The number of hydrogen-bond donors (Lipinski definition) is 0. The topological polar surface area (TPSA) is 26.3 Å². The Morgan fingerprint density at radius 3 is 1.81 bits per heavy atom. The molecule has 2 nitrogen and oxygen atoms in total. The van der Waals surface area contributed by atoms with Crippen LogP contribution in [0.4, 0.5) is 0 Å². The minimum absolute atomic E-state index is 0.291. The van der Waals surface area contributed by atoms with Crippen molar-refractivity contribution in [1.29, 1.82) is 0 Å². The monoisotopic (exact) mass is 298 g/mol. The van der Waals surface area contributed by atoms with Crippen LogP contribution >= 0.6 is 0 Å². The van der Waals surface area contributed by atoms with Gasteiger partial charge in [0.1, 0.15) is 0 Å². The van der Waals surface area contributed by atoms with E-state index in [0.29, 0.717) is 5.56 Å². The van der Waals surface area contributed by atoms with Crippen LogP contribution in [-0.2, 0) is 11.2 Å². The summed E-state index contributed by atoms with van der Waals surface area (Å²) in [6.07, 6.45) is 0.882. The lowest BCUT2D eigenvalue weighted by Crippen LogP contribution is -2.37. The van der Waals surface area contributed by atoms with Crippen molar-refractivity contribution in [2.75, 3.05) is 7.11 Å². The molecule has 0 atom stereocenters. The van der Waals surface area contributed by atoms with Gasteiger partial charge in [-0.05, 0) is 29.7 Å². The van der Waals surface area contributed by atoms with E-state index in [1.807, 2.05) is 24.3 Å². The first-order valence-corrected chi connectivity index (χ1v) is 10.7. The van der Waals surface area contributed by atoms with Gasteiger partial charge in [0.15, 0.2) is 0 Å². The number of carbonyl (C=O) groups is 1. The highest BCUT2D eigenvalue weighted by atomic mass is 28.3. The van der Waals surface area contributed by atoms with E-state index in [0.717, 1.165) is 6.42 Å². The molecular formula is C18H22O2Si. The smallest absolute Gasteiger partial charge is 0.337 e.